The molecule has 0 bridgehead atoms. The van der Waals surface area contributed by atoms with Crippen molar-refractivity contribution in [2.45, 2.75) is 50.7 Å². The van der Waals surface area contributed by atoms with Crippen molar-refractivity contribution in [3.05, 3.63) is 29.8 Å². The van der Waals surface area contributed by atoms with E-state index in [1.54, 1.807) is 7.11 Å². The highest BCUT2D eigenvalue weighted by Crippen LogP contribution is 2.25. The summed E-state index contributed by atoms with van der Waals surface area (Å²) in [6.45, 7) is 0. The van der Waals surface area contributed by atoms with Gasteiger partial charge in [0.2, 0.25) is 6.10 Å². The molecule has 118 valence electrons. The van der Waals surface area contributed by atoms with Crippen molar-refractivity contribution in [1.29, 1.82) is 0 Å². The standard InChI is InChI=1S/C17H22N2O3/c1-21-15-10-6-5-9-13(15)14-11-16(22-19-14)17(20)18-12-7-3-2-4-8-12/h5-6,9-10,12,16H,2-4,7-8,11H2,1H3,(H,18,20)/t16-/m1/s1. The number of benzene rings is 1. The molecule has 1 N–H and O–H groups in total. The normalized spacial score (nSPS) is 21.9. The van der Waals surface area contributed by atoms with Crippen LogP contribution in [0.2, 0.25) is 0 Å². The van der Waals surface area contributed by atoms with E-state index in [0.29, 0.717) is 12.5 Å². The van der Waals surface area contributed by atoms with Gasteiger partial charge in [0.1, 0.15) is 5.75 Å². The van der Waals surface area contributed by atoms with Crippen molar-refractivity contribution in [3.63, 3.8) is 0 Å². The molecule has 1 amide bonds. The Morgan fingerprint density at radius 2 is 2.05 bits per heavy atom. The minimum atomic E-state index is -0.526. The predicted molar refractivity (Wildman–Crippen MR) is 84.0 cm³/mol. The Morgan fingerprint density at radius 3 is 2.82 bits per heavy atom. The number of hydrogen-bond donors (Lipinski definition) is 1. The van der Waals surface area contributed by atoms with E-state index >= 15 is 0 Å². The van der Waals surface area contributed by atoms with Crippen molar-refractivity contribution in [3.8, 4) is 5.75 Å². The van der Waals surface area contributed by atoms with Crippen LogP contribution in [0.3, 0.4) is 0 Å². The highest BCUT2D eigenvalue weighted by atomic mass is 16.6. The first-order valence-electron chi connectivity index (χ1n) is 7.94. The van der Waals surface area contributed by atoms with E-state index in [-0.39, 0.29) is 5.91 Å². The molecule has 3 rings (SSSR count). The maximum Gasteiger partial charge on any atom is 0.264 e. The number of hydrogen-bond acceptors (Lipinski definition) is 4. The predicted octanol–water partition coefficient (Wildman–Crippen LogP) is 2.64. The van der Waals surface area contributed by atoms with Crippen LogP contribution in [0.4, 0.5) is 0 Å². The molecule has 1 aliphatic carbocycles. The number of methoxy groups -OCH3 is 1. The lowest BCUT2D eigenvalue weighted by molar-refractivity contribution is -0.132. The number of para-hydroxylation sites is 1. The van der Waals surface area contributed by atoms with Crippen LogP contribution in [-0.4, -0.2) is 30.9 Å². The molecule has 22 heavy (non-hydrogen) atoms. The summed E-state index contributed by atoms with van der Waals surface area (Å²) < 4.78 is 5.34. The Labute approximate surface area is 130 Å². The van der Waals surface area contributed by atoms with Crippen LogP contribution in [0.5, 0.6) is 5.75 Å². The smallest absolute Gasteiger partial charge is 0.264 e. The Bertz CT molecular complexity index is 565. The number of ether oxygens (including phenoxy) is 1. The quantitative estimate of drug-likeness (QED) is 0.930. The molecule has 0 unspecified atom stereocenters. The molecule has 1 heterocycles. The van der Waals surface area contributed by atoms with Gasteiger partial charge in [0.15, 0.2) is 0 Å². The van der Waals surface area contributed by atoms with Crippen LogP contribution in [0.25, 0.3) is 0 Å². The number of amides is 1. The molecule has 1 aliphatic heterocycles. The maximum atomic E-state index is 12.3. The van der Waals surface area contributed by atoms with Gasteiger partial charge < -0.3 is 14.9 Å². The Morgan fingerprint density at radius 1 is 1.27 bits per heavy atom. The van der Waals surface area contributed by atoms with E-state index in [1.807, 2.05) is 24.3 Å². The lowest BCUT2D eigenvalue weighted by Gasteiger charge is -2.23. The Balaban J connectivity index is 1.60. The molecular weight excluding hydrogens is 280 g/mol. The van der Waals surface area contributed by atoms with Crippen molar-refractivity contribution >= 4 is 11.6 Å². The SMILES string of the molecule is COc1ccccc1C1=NO[C@@H](C(=O)NC2CCCCC2)C1. The van der Waals surface area contributed by atoms with Gasteiger partial charge in [-0.3, -0.25) is 4.79 Å². The van der Waals surface area contributed by atoms with Crippen LogP contribution < -0.4 is 10.1 Å². The second kappa shape index (κ2) is 6.81. The van der Waals surface area contributed by atoms with E-state index in [0.717, 1.165) is 29.9 Å². The van der Waals surface area contributed by atoms with E-state index in [1.165, 1.54) is 19.3 Å². The molecule has 2 aliphatic rings. The van der Waals surface area contributed by atoms with Gasteiger partial charge in [0.25, 0.3) is 5.91 Å². The molecule has 1 aromatic rings. The van der Waals surface area contributed by atoms with Gasteiger partial charge in [-0.15, -0.1) is 0 Å². The van der Waals surface area contributed by atoms with E-state index in [4.69, 9.17) is 9.57 Å². The van der Waals surface area contributed by atoms with Gasteiger partial charge >= 0.3 is 0 Å². The van der Waals surface area contributed by atoms with Gasteiger partial charge in [0, 0.05) is 18.0 Å². The van der Waals surface area contributed by atoms with Crippen LogP contribution >= 0.6 is 0 Å². The van der Waals surface area contributed by atoms with Crippen LogP contribution in [0.1, 0.15) is 44.1 Å². The summed E-state index contributed by atoms with van der Waals surface area (Å²) in [7, 11) is 1.63. The molecule has 1 fully saturated rings. The molecule has 0 radical (unpaired) electrons. The molecule has 0 spiro atoms. The lowest BCUT2D eigenvalue weighted by Crippen LogP contribution is -2.42. The molecular formula is C17H22N2O3. The topological polar surface area (TPSA) is 59.9 Å². The summed E-state index contributed by atoms with van der Waals surface area (Å²) in [6.07, 6.45) is 5.75. The highest BCUT2D eigenvalue weighted by molar-refractivity contribution is 6.05. The van der Waals surface area contributed by atoms with Crippen molar-refractivity contribution in [1.82, 2.24) is 5.32 Å². The number of rotatable bonds is 4. The Hall–Kier alpha value is -2.04. The van der Waals surface area contributed by atoms with Crippen molar-refractivity contribution in [2.24, 2.45) is 5.16 Å². The second-order valence-electron chi connectivity index (χ2n) is 5.88. The molecule has 1 atom stereocenters. The van der Waals surface area contributed by atoms with Crippen LogP contribution in [0.15, 0.2) is 29.4 Å². The maximum absolute atomic E-state index is 12.3. The summed E-state index contributed by atoms with van der Waals surface area (Å²) in [4.78, 5) is 17.6. The third kappa shape index (κ3) is 3.24. The molecule has 1 aromatic carbocycles. The fourth-order valence-corrected chi connectivity index (χ4v) is 3.10. The average molecular weight is 302 g/mol. The first-order valence-corrected chi connectivity index (χ1v) is 7.94. The largest absolute Gasteiger partial charge is 0.496 e. The summed E-state index contributed by atoms with van der Waals surface area (Å²) in [5.74, 6) is 0.693. The molecule has 5 heteroatoms. The first kappa shape index (κ1) is 14.9. The summed E-state index contributed by atoms with van der Waals surface area (Å²) in [6, 6.07) is 7.94. The van der Waals surface area contributed by atoms with Crippen LogP contribution in [-0.2, 0) is 9.63 Å². The fraction of sp³-hybridized carbons (Fsp3) is 0.529. The van der Waals surface area contributed by atoms with Crippen molar-refractivity contribution in [2.75, 3.05) is 7.11 Å². The summed E-state index contributed by atoms with van der Waals surface area (Å²) in [5, 5.41) is 7.18. The number of carbonyl (C=O) groups excluding carboxylic acids is 1. The van der Waals surface area contributed by atoms with Gasteiger partial charge in [-0.1, -0.05) is 36.6 Å². The average Bonchev–Trinajstić information content (AvgIpc) is 3.05. The lowest BCUT2D eigenvalue weighted by atomic mass is 9.95. The third-order valence-electron chi connectivity index (χ3n) is 4.33. The summed E-state index contributed by atoms with van der Waals surface area (Å²) >= 11 is 0. The van der Waals surface area contributed by atoms with E-state index < -0.39 is 6.10 Å². The van der Waals surface area contributed by atoms with Gasteiger partial charge in [-0.25, -0.2) is 0 Å². The molecule has 1 saturated carbocycles. The van der Waals surface area contributed by atoms with Gasteiger partial charge in [-0.05, 0) is 25.0 Å². The molecule has 5 nitrogen and oxygen atoms in total. The monoisotopic (exact) mass is 302 g/mol. The molecule has 0 aromatic heterocycles. The fourth-order valence-electron chi connectivity index (χ4n) is 3.10. The zero-order valence-electron chi connectivity index (χ0n) is 12.9. The molecule has 0 saturated heterocycles. The first-order chi connectivity index (χ1) is 10.8. The minimum absolute atomic E-state index is 0.0550. The number of nitrogens with one attached hydrogen (secondary N) is 1. The summed E-state index contributed by atoms with van der Waals surface area (Å²) in [5.41, 5.74) is 1.65. The van der Waals surface area contributed by atoms with Gasteiger partial charge in [-0.2, -0.15) is 0 Å². The Kier molecular flexibility index (Phi) is 4.61. The van der Waals surface area contributed by atoms with E-state index in [2.05, 4.69) is 10.5 Å². The second-order valence-corrected chi connectivity index (χ2v) is 5.88. The number of nitrogens with zero attached hydrogens (tertiary/aromatic N) is 1. The third-order valence-corrected chi connectivity index (χ3v) is 4.33. The highest BCUT2D eigenvalue weighted by Gasteiger charge is 2.31. The van der Waals surface area contributed by atoms with Crippen LogP contribution in [0, 0.1) is 0 Å². The van der Waals surface area contributed by atoms with E-state index in [9.17, 15) is 4.79 Å². The number of carbonyl (C=O) groups is 1. The zero-order valence-corrected chi connectivity index (χ0v) is 12.9. The minimum Gasteiger partial charge on any atom is -0.496 e. The van der Waals surface area contributed by atoms with Gasteiger partial charge in [0.05, 0.1) is 12.8 Å². The van der Waals surface area contributed by atoms with Crippen molar-refractivity contribution < 1.29 is 14.4 Å². The number of oxime groups is 1. The zero-order chi connectivity index (χ0) is 15.4.